The lowest BCUT2D eigenvalue weighted by Crippen LogP contribution is -2.24. The van der Waals surface area contributed by atoms with Crippen molar-refractivity contribution in [2.45, 2.75) is 19.6 Å². The average Bonchev–Trinajstić information content (AvgIpc) is 3.00. The zero-order valence-corrected chi connectivity index (χ0v) is 19.2. The van der Waals surface area contributed by atoms with Crippen LogP contribution in [0.2, 0.25) is 0 Å². The summed E-state index contributed by atoms with van der Waals surface area (Å²) in [7, 11) is 0. The third-order valence-electron chi connectivity index (χ3n) is 4.89. The Morgan fingerprint density at radius 2 is 1.52 bits per heavy atom. The van der Waals surface area contributed by atoms with E-state index >= 15 is 0 Å². The highest BCUT2D eigenvalue weighted by Gasteiger charge is 2.14. The van der Waals surface area contributed by atoms with Gasteiger partial charge in [0.15, 0.2) is 0 Å². The molecule has 1 heterocycles. The van der Waals surface area contributed by atoms with Gasteiger partial charge in [-0.15, -0.1) is 0 Å². The first kappa shape index (κ1) is 20.3. The molecule has 4 nitrogen and oxygen atoms in total. The highest BCUT2D eigenvalue weighted by atomic mass is 79.9. The molecule has 0 aliphatic rings. The van der Waals surface area contributed by atoms with Gasteiger partial charge in [0.05, 0.1) is 19.3 Å². The Labute approximate surface area is 186 Å². The number of aliphatic hydroxyl groups excluding tert-OH is 1. The predicted molar refractivity (Wildman–Crippen MR) is 127 cm³/mol. The summed E-state index contributed by atoms with van der Waals surface area (Å²) in [6.07, 6.45) is -0.535. The molecular weight excluding hydrogens is 496 g/mol. The van der Waals surface area contributed by atoms with Crippen LogP contribution in [0.1, 0.15) is 6.92 Å². The van der Waals surface area contributed by atoms with E-state index in [1.54, 1.807) is 0 Å². The van der Waals surface area contributed by atoms with E-state index in [2.05, 4.69) is 66.0 Å². The molecule has 150 valence electrons. The molecule has 1 unspecified atom stereocenters. The minimum atomic E-state index is -0.535. The van der Waals surface area contributed by atoms with Crippen LogP contribution in [0.15, 0.2) is 69.6 Å². The number of fused-ring (bicyclic) bond motifs is 3. The highest BCUT2D eigenvalue weighted by molar-refractivity contribution is 9.10. The summed E-state index contributed by atoms with van der Waals surface area (Å²) in [6.45, 7) is 3.58. The summed E-state index contributed by atoms with van der Waals surface area (Å²) in [5.41, 5.74) is 3.19. The van der Waals surface area contributed by atoms with Gasteiger partial charge in [0.25, 0.3) is 0 Å². The van der Waals surface area contributed by atoms with Gasteiger partial charge in [-0.3, -0.25) is 0 Å². The van der Waals surface area contributed by atoms with Gasteiger partial charge in [-0.1, -0.05) is 31.9 Å². The fourth-order valence-electron chi connectivity index (χ4n) is 3.59. The van der Waals surface area contributed by atoms with E-state index in [1.165, 1.54) is 10.8 Å². The largest absolute Gasteiger partial charge is 0.494 e. The van der Waals surface area contributed by atoms with Crippen molar-refractivity contribution in [3.05, 3.63) is 69.6 Å². The molecule has 6 heteroatoms. The SMILES string of the molecule is CCOc1ccc(NCC(O)Cn2c3ccc(Br)cc3c3cc(Br)ccc32)cc1. The maximum atomic E-state index is 10.7. The predicted octanol–water partition coefficient (Wildman–Crippen LogP) is 6.19. The van der Waals surface area contributed by atoms with Crippen LogP contribution < -0.4 is 10.1 Å². The van der Waals surface area contributed by atoms with E-state index in [-0.39, 0.29) is 0 Å². The Bertz CT molecular complexity index is 1080. The van der Waals surface area contributed by atoms with Gasteiger partial charge in [0.1, 0.15) is 5.75 Å². The third kappa shape index (κ3) is 4.44. The van der Waals surface area contributed by atoms with E-state index < -0.39 is 6.10 Å². The number of anilines is 1. The molecule has 1 atom stereocenters. The number of aromatic nitrogens is 1. The number of nitrogens with one attached hydrogen (secondary N) is 1. The molecule has 2 N–H and O–H groups in total. The summed E-state index contributed by atoms with van der Waals surface area (Å²) >= 11 is 7.15. The second-order valence-electron chi connectivity index (χ2n) is 6.93. The first-order chi connectivity index (χ1) is 14.0. The molecule has 29 heavy (non-hydrogen) atoms. The highest BCUT2D eigenvalue weighted by Crippen LogP contribution is 2.33. The van der Waals surface area contributed by atoms with Crippen LogP contribution in [0.4, 0.5) is 5.69 Å². The molecule has 0 bridgehead atoms. The van der Waals surface area contributed by atoms with Crippen LogP contribution in [-0.4, -0.2) is 28.9 Å². The molecule has 3 aromatic carbocycles. The van der Waals surface area contributed by atoms with Gasteiger partial charge in [-0.25, -0.2) is 0 Å². The standard InChI is InChI=1S/C23H22Br2N2O2/c1-2-29-19-7-5-17(6-8-19)26-13-18(28)14-27-22-9-3-15(24)11-20(22)21-12-16(25)4-10-23(21)27/h3-12,18,26,28H,2,13-14H2,1H3. The van der Waals surface area contributed by atoms with E-state index in [9.17, 15) is 5.11 Å². The lowest BCUT2D eigenvalue weighted by molar-refractivity contribution is 0.169. The van der Waals surface area contributed by atoms with Crippen LogP contribution in [0.3, 0.4) is 0 Å². The average molecular weight is 518 g/mol. The van der Waals surface area contributed by atoms with Gasteiger partial charge in [-0.2, -0.15) is 0 Å². The molecule has 4 aromatic rings. The van der Waals surface area contributed by atoms with Crippen LogP contribution in [0.25, 0.3) is 21.8 Å². The van der Waals surface area contributed by atoms with Crippen LogP contribution in [0.5, 0.6) is 5.75 Å². The van der Waals surface area contributed by atoms with Crippen molar-refractivity contribution < 1.29 is 9.84 Å². The zero-order chi connectivity index (χ0) is 20.4. The van der Waals surface area contributed by atoms with Gasteiger partial charge in [0, 0.05) is 43.0 Å². The Morgan fingerprint density at radius 1 is 0.931 bits per heavy atom. The number of benzene rings is 3. The minimum absolute atomic E-state index is 0.461. The minimum Gasteiger partial charge on any atom is -0.494 e. The van der Waals surface area contributed by atoms with E-state index in [4.69, 9.17) is 4.74 Å². The summed E-state index contributed by atoms with van der Waals surface area (Å²) in [6, 6.07) is 20.3. The molecule has 0 spiro atoms. The fourth-order valence-corrected chi connectivity index (χ4v) is 4.31. The maximum absolute atomic E-state index is 10.7. The smallest absolute Gasteiger partial charge is 0.119 e. The molecule has 0 saturated carbocycles. The number of rotatable bonds is 7. The van der Waals surface area contributed by atoms with Gasteiger partial charge in [-0.05, 0) is 67.6 Å². The van der Waals surface area contributed by atoms with E-state index in [0.717, 1.165) is 31.4 Å². The van der Waals surface area contributed by atoms with Gasteiger partial charge >= 0.3 is 0 Å². The second kappa shape index (κ2) is 8.78. The van der Waals surface area contributed by atoms with Crippen LogP contribution in [0, 0.1) is 0 Å². The van der Waals surface area contributed by atoms with Crippen LogP contribution in [-0.2, 0) is 6.54 Å². The number of aliphatic hydroxyl groups is 1. The first-order valence-electron chi connectivity index (χ1n) is 9.57. The van der Waals surface area contributed by atoms with Gasteiger partial charge in [0.2, 0.25) is 0 Å². The first-order valence-corrected chi connectivity index (χ1v) is 11.2. The molecular formula is C23H22Br2N2O2. The normalized spacial score (nSPS) is 12.4. The topological polar surface area (TPSA) is 46.4 Å². The Morgan fingerprint density at radius 3 is 2.07 bits per heavy atom. The Hall–Kier alpha value is -2.02. The Balaban J connectivity index is 1.55. The quantitative estimate of drug-likeness (QED) is 0.307. The molecule has 0 fully saturated rings. The van der Waals surface area contributed by atoms with E-state index in [1.807, 2.05) is 43.3 Å². The number of hydrogen-bond acceptors (Lipinski definition) is 3. The number of halogens is 2. The van der Waals surface area contributed by atoms with Crippen molar-refractivity contribution in [1.29, 1.82) is 0 Å². The lowest BCUT2D eigenvalue weighted by atomic mass is 10.2. The fraction of sp³-hybridized carbons (Fsp3) is 0.217. The number of ether oxygens (including phenoxy) is 1. The van der Waals surface area contributed by atoms with Crippen molar-refractivity contribution in [2.75, 3.05) is 18.5 Å². The summed E-state index contributed by atoms with van der Waals surface area (Å²) < 4.78 is 9.74. The summed E-state index contributed by atoms with van der Waals surface area (Å²) in [5.74, 6) is 0.848. The second-order valence-corrected chi connectivity index (χ2v) is 8.76. The lowest BCUT2D eigenvalue weighted by Gasteiger charge is -2.16. The van der Waals surface area contributed by atoms with Crippen molar-refractivity contribution >= 4 is 59.4 Å². The number of nitrogens with zero attached hydrogens (tertiary/aromatic N) is 1. The summed E-state index contributed by atoms with van der Waals surface area (Å²) in [4.78, 5) is 0. The van der Waals surface area contributed by atoms with Crippen molar-refractivity contribution in [2.24, 2.45) is 0 Å². The molecule has 0 aliphatic carbocycles. The van der Waals surface area contributed by atoms with E-state index in [0.29, 0.717) is 19.7 Å². The molecule has 1 aromatic heterocycles. The molecule has 0 aliphatic heterocycles. The Kier molecular flexibility index (Phi) is 6.13. The molecule has 0 amide bonds. The van der Waals surface area contributed by atoms with Crippen LogP contribution >= 0.6 is 31.9 Å². The van der Waals surface area contributed by atoms with Gasteiger partial charge < -0.3 is 19.7 Å². The molecule has 0 radical (unpaired) electrons. The zero-order valence-electron chi connectivity index (χ0n) is 16.0. The van der Waals surface area contributed by atoms with Crippen molar-refractivity contribution in [3.63, 3.8) is 0 Å². The monoisotopic (exact) mass is 516 g/mol. The maximum Gasteiger partial charge on any atom is 0.119 e. The third-order valence-corrected chi connectivity index (χ3v) is 5.88. The summed E-state index contributed by atoms with van der Waals surface area (Å²) in [5, 5.41) is 16.4. The number of hydrogen-bond donors (Lipinski definition) is 2. The van der Waals surface area contributed by atoms with Crippen molar-refractivity contribution in [1.82, 2.24) is 4.57 Å². The molecule has 0 saturated heterocycles. The molecule has 4 rings (SSSR count). The van der Waals surface area contributed by atoms with Crippen molar-refractivity contribution in [3.8, 4) is 5.75 Å².